The van der Waals surface area contributed by atoms with Gasteiger partial charge in [-0.2, -0.15) is 12.6 Å². The number of hydrogen-bond donors (Lipinski definition) is 0. The monoisotopic (exact) mass is 183 g/mol. The molecule has 0 radical (unpaired) electrons. The van der Waals surface area contributed by atoms with Crippen LogP contribution in [0.1, 0.15) is 13.3 Å². The zero-order valence-electron chi connectivity index (χ0n) is 6.18. The van der Waals surface area contributed by atoms with Gasteiger partial charge in [-0.05, 0) is 0 Å². The summed E-state index contributed by atoms with van der Waals surface area (Å²) in [7, 11) is -3.72. The standard InChI is InChI=1S/C4H9NO5S/c1-3-4(5(6)7)10-11(2,8)9/h4H,3H2,1-2H3. The van der Waals surface area contributed by atoms with Gasteiger partial charge in [-0.15, -0.1) is 0 Å². The smallest absolute Gasteiger partial charge is 0.262 e. The lowest BCUT2D eigenvalue weighted by atomic mass is 10.4. The predicted molar refractivity (Wildman–Crippen MR) is 37.0 cm³/mol. The summed E-state index contributed by atoms with van der Waals surface area (Å²) in [5, 5.41) is 10.0. The second kappa shape index (κ2) is 3.63. The van der Waals surface area contributed by atoms with E-state index in [1.807, 2.05) is 0 Å². The van der Waals surface area contributed by atoms with E-state index in [2.05, 4.69) is 4.18 Å². The Morgan fingerprint density at radius 1 is 1.64 bits per heavy atom. The van der Waals surface area contributed by atoms with E-state index < -0.39 is 21.3 Å². The molecule has 0 saturated carbocycles. The van der Waals surface area contributed by atoms with Crippen molar-refractivity contribution in [2.24, 2.45) is 0 Å². The molecule has 11 heavy (non-hydrogen) atoms. The maximum absolute atomic E-state index is 10.4. The highest BCUT2D eigenvalue weighted by molar-refractivity contribution is 7.86. The van der Waals surface area contributed by atoms with Crippen molar-refractivity contribution in [2.45, 2.75) is 19.6 Å². The van der Waals surface area contributed by atoms with Crippen LogP contribution in [0.4, 0.5) is 0 Å². The largest absolute Gasteiger partial charge is 0.329 e. The summed E-state index contributed by atoms with van der Waals surface area (Å²) in [5.74, 6) is 0. The van der Waals surface area contributed by atoms with Gasteiger partial charge in [0.1, 0.15) is 0 Å². The summed E-state index contributed by atoms with van der Waals surface area (Å²) in [4.78, 5) is 9.25. The first-order valence-electron chi connectivity index (χ1n) is 2.88. The maximum Gasteiger partial charge on any atom is 0.329 e. The van der Waals surface area contributed by atoms with Gasteiger partial charge in [-0.3, -0.25) is 10.1 Å². The fraction of sp³-hybridized carbons (Fsp3) is 1.00. The Morgan fingerprint density at radius 2 is 2.09 bits per heavy atom. The molecule has 7 heteroatoms. The zero-order valence-corrected chi connectivity index (χ0v) is 7.00. The third kappa shape index (κ3) is 4.68. The van der Waals surface area contributed by atoms with Gasteiger partial charge < -0.3 is 0 Å². The first-order valence-corrected chi connectivity index (χ1v) is 4.70. The lowest BCUT2D eigenvalue weighted by Crippen LogP contribution is -2.24. The quantitative estimate of drug-likeness (QED) is 0.264. The van der Waals surface area contributed by atoms with Crippen LogP contribution in [0.15, 0.2) is 0 Å². The maximum atomic E-state index is 10.4. The van der Waals surface area contributed by atoms with E-state index in [4.69, 9.17) is 0 Å². The Bertz CT molecular complexity index is 233. The third-order valence-corrected chi connectivity index (χ3v) is 1.44. The molecule has 0 N–H and O–H groups in total. The molecule has 0 bridgehead atoms. The highest BCUT2D eigenvalue weighted by Crippen LogP contribution is 2.02. The van der Waals surface area contributed by atoms with E-state index >= 15 is 0 Å². The van der Waals surface area contributed by atoms with Crippen LogP contribution in [0.3, 0.4) is 0 Å². The number of nitrogens with zero attached hydrogens (tertiary/aromatic N) is 1. The highest BCUT2D eigenvalue weighted by atomic mass is 32.2. The van der Waals surface area contributed by atoms with Crippen LogP contribution in [0.25, 0.3) is 0 Å². The van der Waals surface area contributed by atoms with E-state index in [-0.39, 0.29) is 6.42 Å². The molecule has 1 unspecified atom stereocenters. The van der Waals surface area contributed by atoms with Crippen molar-refractivity contribution in [3.63, 3.8) is 0 Å². The summed E-state index contributed by atoms with van der Waals surface area (Å²) >= 11 is 0. The van der Waals surface area contributed by atoms with E-state index in [0.29, 0.717) is 0 Å². The van der Waals surface area contributed by atoms with Crippen molar-refractivity contribution in [3.8, 4) is 0 Å². The van der Waals surface area contributed by atoms with Crippen LogP contribution in [0.5, 0.6) is 0 Å². The van der Waals surface area contributed by atoms with Crippen LogP contribution >= 0.6 is 0 Å². The van der Waals surface area contributed by atoms with Crippen LogP contribution in [-0.2, 0) is 14.3 Å². The Hall–Kier alpha value is -0.690. The molecule has 0 amide bonds. The normalized spacial score (nSPS) is 14.4. The molecular formula is C4H9NO5S. The second-order valence-electron chi connectivity index (χ2n) is 1.95. The van der Waals surface area contributed by atoms with Crippen molar-refractivity contribution in [3.05, 3.63) is 10.1 Å². The van der Waals surface area contributed by atoms with Crippen molar-refractivity contribution in [2.75, 3.05) is 6.26 Å². The summed E-state index contributed by atoms with van der Waals surface area (Å²) in [5.41, 5.74) is 0. The lowest BCUT2D eigenvalue weighted by molar-refractivity contribution is -0.562. The van der Waals surface area contributed by atoms with Crippen LogP contribution < -0.4 is 0 Å². The van der Waals surface area contributed by atoms with Gasteiger partial charge in [-0.25, -0.2) is 0 Å². The van der Waals surface area contributed by atoms with Gasteiger partial charge >= 0.3 is 6.23 Å². The van der Waals surface area contributed by atoms with Crippen molar-refractivity contribution >= 4 is 10.1 Å². The molecule has 0 aliphatic rings. The molecule has 1 atom stereocenters. The van der Waals surface area contributed by atoms with Gasteiger partial charge in [0, 0.05) is 6.42 Å². The molecule has 6 nitrogen and oxygen atoms in total. The molecule has 0 aliphatic carbocycles. The topological polar surface area (TPSA) is 86.5 Å². The van der Waals surface area contributed by atoms with Crippen molar-refractivity contribution in [1.29, 1.82) is 0 Å². The zero-order chi connectivity index (χ0) is 9.07. The number of rotatable bonds is 4. The van der Waals surface area contributed by atoms with Crippen LogP contribution in [0, 0.1) is 10.1 Å². The van der Waals surface area contributed by atoms with Crippen molar-refractivity contribution in [1.82, 2.24) is 0 Å². The molecule has 0 fully saturated rings. The molecule has 0 heterocycles. The third-order valence-electron chi connectivity index (χ3n) is 0.870. The van der Waals surface area contributed by atoms with E-state index in [1.54, 1.807) is 0 Å². The Kier molecular flexibility index (Phi) is 3.40. The Balaban J connectivity index is 4.22. The number of hydrogen-bond acceptors (Lipinski definition) is 5. The molecule has 66 valence electrons. The molecule has 0 aromatic carbocycles. The fourth-order valence-electron chi connectivity index (χ4n) is 0.454. The van der Waals surface area contributed by atoms with Crippen LogP contribution in [0.2, 0.25) is 0 Å². The first-order chi connectivity index (χ1) is 4.87. The highest BCUT2D eigenvalue weighted by Gasteiger charge is 2.22. The summed E-state index contributed by atoms with van der Waals surface area (Å²) in [6, 6.07) is 0. The van der Waals surface area contributed by atoms with E-state index in [9.17, 15) is 18.5 Å². The number of nitro groups is 1. The van der Waals surface area contributed by atoms with E-state index in [1.165, 1.54) is 6.92 Å². The minimum absolute atomic E-state index is 0.0278. The SMILES string of the molecule is CCC(OS(C)(=O)=O)[N+](=O)[O-]. The molecule has 0 spiro atoms. The average Bonchev–Trinajstić information content (AvgIpc) is 1.80. The molecule has 0 rings (SSSR count). The molecule has 0 saturated heterocycles. The molecule has 0 aromatic heterocycles. The predicted octanol–water partition coefficient (Wildman–Crippen LogP) is -0.0246. The Morgan fingerprint density at radius 3 is 2.18 bits per heavy atom. The summed E-state index contributed by atoms with van der Waals surface area (Å²) < 4.78 is 24.9. The average molecular weight is 183 g/mol. The lowest BCUT2D eigenvalue weighted by Gasteiger charge is -2.04. The van der Waals surface area contributed by atoms with Gasteiger partial charge in [-0.1, -0.05) is 6.92 Å². The molecule has 0 aliphatic heterocycles. The minimum Gasteiger partial charge on any atom is -0.262 e. The second-order valence-corrected chi connectivity index (χ2v) is 3.55. The Labute approximate surface area is 64.4 Å². The minimum atomic E-state index is -3.72. The van der Waals surface area contributed by atoms with Crippen LogP contribution in [-0.4, -0.2) is 25.8 Å². The molecule has 0 aromatic rings. The van der Waals surface area contributed by atoms with Gasteiger partial charge in [0.2, 0.25) is 0 Å². The summed E-state index contributed by atoms with van der Waals surface area (Å²) in [6.07, 6.45) is -0.649. The summed E-state index contributed by atoms with van der Waals surface area (Å²) in [6.45, 7) is 1.47. The van der Waals surface area contributed by atoms with E-state index in [0.717, 1.165) is 6.26 Å². The first kappa shape index (κ1) is 10.3. The molecular weight excluding hydrogens is 174 g/mol. The van der Waals surface area contributed by atoms with Gasteiger partial charge in [0.15, 0.2) is 0 Å². The van der Waals surface area contributed by atoms with Crippen molar-refractivity contribution < 1.29 is 17.5 Å². The van der Waals surface area contributed by atoms with Gasteiger partial charge in [0.05, 0.1) is 11.2 Å². The van der Waals surface area contributed by atoms with Gasteiger partial charge in [0.25, 0.3) is 10.1 Å². The fourth-order valence-corrected chi connectivity index (χ4v) is 1.06.